The number of fused-ring (bicyclic) bond motifs is 1. The van der Waals surface area contributed by atoms with Crippen LogP contribution in [0.5, 0.6) is 0 Å². The van der Waals surface area contributed by atoms with E-state index in [2.05, 4.69) is 70.2 Å². The predicted molar refractivity (Wildman–Crippen MR) is 110 cm³/mol. The molecule has 0 fully saturated rings. The van der Waals surface area contributed by atoms with Gasteiger partial charge in [-0.05, 0) is 32.8 Å². The van der Waals surface area contributed by atoms with Crippen molar-refractivity contribution in [2.75, 3.05) is 0 Å². The third-order valence-corrected chi connectivity index (χ3v) is 4.49. The van der Waals surface area contributed by atoms with Crippen molar-refractivity contribution < 1.29 is 20.8 Å². The van der Waals surface area contributed by atoms with Gasteiger partial charge in [-0.15, -0.1) is 34.5 Å². The summed E-state index contributed by atoms with van der Waals surface area (Å²) in [6.45, 7) is 8.85. The van der Waals surface area contributed by atoms with Crippen LogP contribution in [0, 0.1) is 20.8 Å². The molecule has 0 aliphatic heterocycles. The molecule has 0 amide bonds. The number of halogens is 2. The topological polar surface area (TPSA) is 0 Å². The number of hydrogen-bond acceptors (Lipinski definition) is 0. The first-order chi connectivity index (χ1) is 12.0. The summed E-state index contributed by atoms with van der Waals surface area (Å²) >= 11 is -0.826. The standard InChI is InChI=1S/C22H25.2ClH.Zr/c1-5-6-7-18-13-19-9-8-17(4)22(21(19)14-18)20-11-15(2)10-16(3)12-20;;;/h8-14H,5-7H2,1-4H3;2*1H;/q-1;;;+2/p-2. The fourth-order valence-electron chi connectivity index (χ4n) is 3.48. The molecule has 3 aromatic rings. The van der Waals surface area contributed by atoms with Gasteiger partial charge in [0.1, 0.15) is 0 Å². The third-order valence-electron chi connectivity index (χ3n) is 4.49. The second-order valence-electron chi connectivity index (χ2n) is 6.68. The average molecular weight is 452 g/mol. The molecule has 0 nitrogen and oxygen atoms in total. The molecule has 0 aromatic heterocycles. The first kappa shape index (κ1) is 20.8. The SMILES string of the molecule is CCCCc1cc2c(-c3cc(C)cc(C)c3)c(C)ccc2[cH-]1.[Cl][Zr][Cl]. The fraction of sp³-hybridized carbons (Fsp3) is 0.318. The van der Waals surface area contributed by atoms with Crippen LogP contribution >= 0.6 is 17.0 Å². The van der Waals surface area contributed by atoms with E-state index in [9.17, 15) is 0 Å². The summed E-state index contributed by atoms with van der Waals surface area (Å²) in [5.74, 6) is 0. The fourth-order valence-corrected chi connectivity index (χ4v) is 3.48. The van der Waals surface area contributed by atoms with Gasteiger partial charge in [0.2, 0.25) is 0 Å². The number of benzene rings is 2. The zero-order valence-electron chi connectivity index (χ0n) is 15.4. The van der Waals surface area contributed by atoms with Gasteiger partial charge in [-0.2, -0.15) is 6.07 Å². The van der Waals surface area contributed by atoms with E-state index in [4.69, 9.17) is 17.0 Å². The first-order valence-corrected chi connectivity index (χ1v) is 15.1. The van der Waals surface area contributed by atoms with E-state index in [1.54, 1.807) is 0 Å². The zero-order valence-corrected chi connectivity index (χ0v) is 19.4. The molecule has 0 aliphatic rings. The molecule has 3 heteroatoms. The van der Waals surface area contributed by atoms with Crippen LogP contribution in [0.15, 0.2) is 42.5 Å². The van der Waals surface area contributed by atoms with E-state index in [1.807, 2.05) is 0 Å². The zero-order chi connectivity index (χ0) is 18.4. The number of hydrogen-bond donors (Lipinski definition) is 0. The van der Waals surface area contributed by atoms with Crippen molar-refractivity contribution in [3.8, 4) is 11.1 Å². The van der Waals surface area contributed by atoms with Crippen LogP contribution in [0.1, 0.15) is 42.0 Å². The summed E-state index contributed by atoms with van der Waals surface area (Å²) in [5, 5.41) is 2.79. The van der Waals surface area contributed by atoms with Crippen molar-refractivity contribution in [2.45, 2.75) is 47.0 Å². The van der Waals surface area contributed by atoms with E-state index in [0.717, 1.165) is 0 Å². The maximum atomic E-state index is 4.93. The molecule has 0 saturated heterocycles. The maximum absolute atomic E-state index is 4.93. The van der Waals surface area contributed by atoms with E-state index >= 15 is 0 Å². The Balaban J connectivity index is 0.000000701. The van der Waals surface area contributed by atoms with Crippen LogP contribution in [0.2, 0.25) is 0 Å². The Morgan fingerprint density at radius 3 is 2.20 bits per heavy atom. The summed E-state index contributed by atoms with van der Waals surface area (Å²) in [7, 11) is 9.87. The summed E-state index contributed by atoms with van der Waals surface area (Å²) in [5.41, 5.74) is 8.28. The Kier molecular flexibility index (Phi) is 8.33. The molecule has 0 N–H and O–H groups in total. The minimum atomic E-state index is -0.826. The van der Waals surface area contributed by atoms with Crippen molar-refractivity contribution >= 4 is 27.8 Å². The van der Waals surface area contributed by atoms with E-state index < -0.39 is 20.8 Å². The molecular weight excluding hydrogens is 426 g/mol. The second-order valence-corrected chi connectivity index (χ2v) is 10.4. The molecule has 0 aliphatic carbocycles. The van der Waals surface area contributed by atoms with Crippen molar-refractivity contribution in [1.82, 2.24) is 0 Å². The molecule has 3 aromatic carbocycles. The van der Waals surface area contributed by atoms with Gasteiger partial charge in [0, 0.05) is 0 Å². The van der Waals surface area contributed by atoms with Crippen molar-refractivity contribution in [3.05, 3.63) is 64.7 Å². The molecule has 0 saturated carbocycles. The van der Waals surface area contributed by atoms with E-state index in [-0.39, 0.29) is 0 Å². The molecule has 0 unspecified atom stereocenters. The summed E-state index contributed by atoms with van der Waals surface area (Å²) in [6.07, 6.45) is 3.72. The van der Waals surface area contributed by atoms with Gasteiger partial charge >= 0.3 is 37.9 Å². The summed E-state index contributed by atoms with van der Waals surface area (Å²) < 4.78 is 0. The molecule has 25 heavy (non-hydrogen) atoms. The molecule has 0 atom stereocenters. The predicted octanol–water partition coefficient (Wildman–Crippen LogP) is 7.87. The second kappa shape index (κ2) is 10.0. The normalized spacial score (nSPS) is 10.5. The van der Waals surface area contributed by atoms with Crippen LogP contribution in [0.3, 0.4) is 0 Å². The van der Waals surface area contributed by atoms with E-state index in [1.165, 1.54) is 63.4 Å². The monoisotopic (exact) mass is 449 g/mol. The Morgan fingerprint density at radius 2 is 1.60 bits per heavy atom. The quantitative estimate of drug-likeness (QED) is 0.354. The number of aryl methyl sites for hydroxylation is 4. The molecule has 132 valence electrons. The summed E-state index contributed by atoms with van der Waals surface area (Å²) in [6, 6.07) is 16.2. The molecule has 3 rings (SSSR count). The van der Waals surface area contributed by atoms with Gasteiger partial charge in [0.05, 0.1) is 0 Å². The average Bonchev–Trinajstić information content (AvgIpc) is 2.95. The Bertz CT molecular complexity index is 813. The van der Waals surface area contributed by atoms with Gasteiger partial charge in [-0.1, -0.05) is 60.2 Å². The van der Waals surface area contributed by atoms with Gasteiger partial charge in [-0.25, -0.2) is 0 Å². The van der Waals surface area contributed by atoms with Crippen LogP contribution in [0.4, 0.5) is 0 Å². The van der Waals surface area contributed by atoms with Gasteiger partial charge in [0.15, 0.2) is 0 Å². The third kappa shape index (κ3) is 5.49. The van der Waals surface area contributed by atoms with Crippen LogP contribution in [-0.4, -0.2) is 0 Å². The van der Waals surface area contributed by atoms with Crippen molar-refractivity contribution in [1.29, 1.82) is 0 Å². The Morgan fingerprint density at radius 1 is 0.960 bits per heavy atom. The van der Waals surface area contributed by atoms with E-state index in [0.29, 0.717) is 0 Å². The summed E-state index contributed by atoms with van der Waals surface area (Å²) in [4.78, 5) is 0. The van der Waals surface area contributed by atoms with Gasteiger partial charge in [-0.3, -0.25) is 0 Å². The minimum absolute atomic E-state index is 0.826. The Hall–Kier alpha value is -0.487. The molecule has 0 heterocycles. The van der Waals surface area contributed by atoms with Crippen LogP contribution in [0.25, 0.3) is 21.9 Å². The first-order valence-electron chi connectivity index (χ1n) is 8.74. The molecule has 0 bridgehead atoms. The van der Waals surface area contributed by atoms with Gasteiger partial charge in [0.25, 0.3) is 0 Å². The number of rotatable bonds is 4. The van der Waals surface area contributed by atoms with Crippen molar-refractivity contribution in [3.63, 3.8) is 0 Å². The molecule has 0 spiro atoms. The van der Waals surface area contributed by atoms with Crippen LogP contribution < -0.4 is 0 Å². The molecule has 0 radical (unpaired) electrons. The van der Waals surface area contributed by atoms with Gasteiger partial charge < -0.3 is 0 Å². The molecular formula is C22H25Cl2Zr-. The number of unbranched alkanes of at least 4 members (excludes halogenated alkanes) is 1. The Labute approximate surface area is 170 Å². The van der Waals surface area contributed by atoms with Crippen LogP contribution in [-0.2, 0) is 27.3 Å². The van der Waals surface area contributed by atoms with Crippen molar-refractivity contribution in [2.24, 2.45) is 0 Å².